The Morgan fingerprint density at radius 1 is 1.14 bits per heavy atom. The van der Waals surface area contributed by atoms with Crippen LogP contribution in [0.1, 0.15) is 26.3 Å². The molecule has 0 amide bonds. The summed E-state index contributed by atoms with van der Waals surface area (Å²) < 4.78 is 0.876. The van der Waals surface area contributed by atoms with Crippen LogP contribution in [0.4, 0.5) is 5.69 Å². The smallest absolute Gasteiger partial charge is 0.0599 e. The zero-order chi connectivity index (χ0) is 10.8. The van der Waals surface area contributed by atoms with Crippen molar-refractivity contribution in [3.8, 4) is 0 Å². The summed E-state index contributed by atoms with van der Waals surface area (Å²) in [6.45, 7) is 6.63. The Hall–Kier alpha value is -1.18. The van der Waals surface area contributed by atoms with Gasteiger partial charge in [-0.05, 0) is 17.4 Å². The van der Waals surface area contributed by atoms with Gasteiger partial charge in [0.05, 0.1) is 0 Å². The van der Waals surface area contributed by atoms with Crippen molar-refractivity contribution < 1.29 is 4.76 Å². The van der Waals surface area contributed by atoms with E-state index >= 15 is 0 Å². The third kappa shape index (κ3) is 3.29. The van der Waals surface area contributed by atoms with Gasteiger partial charge in [0.25, 0.3) is 5.69 Å². The van der Waals surface area contributed by atoms with Gasteiger partial charge in [0.2, 0.25) is 0 Å². The minimum absolute atomic E-state index is 0.297. The number of nitroso groups, excluding NO2 is 1. The highest BCUT2D eigenvalue weighted by atomic mass is 16.3. The van der Waals surface area contributed by atoms with Crippen molar-refractivity contribution in [2.75, 3.05) is 7.05 Å². The molecule has 0 unspecified atom stereocenters. The quantitative estimate of drug-likeness (QED) is 0.658. The van der Waals surface area contributed by atoms with E-state index in [2.05, 4.69) is 20.8 Å². The van der Waals surface area contributed by atoms with Gasteiger partial charge in [-0.3, -0.25) is 0 Å². The van der Waals surface area contributed by atoms with Crippen molar-refractivity contribution in [2.24, 2.45) is 5.41 Å². The van der Waals surface area contributed by atoms with E-state index in [4.69, 9.17) is 0 Å². The predicted octanol–water partition coefficient (Wildman–Crippen LogP) is 3.32. The summed E-state index contributed by atoms with van der Waals surface area (Å²) in [6, 6.07) is 7.78. The van der Waals surface area contributed by atoms with Gasteiger partial charge in [-0.15, -0.1) is 0 Å². The molecule has 0 bridgehead atoms. The molecule has 0 spiro atoms. The summed E-state index contributed by atoms with van der Waals surface area (Å²) in [6.07, 6.45) is 1.04. The van der Waals surface area contributed by atoms with Gasteiger partial charge in [0.15, 0.2) is 7.05 Å². The third-order valence-corrected chi connectivity index (χ3v) is 2.03. The number of nitrogens with zero attached hydrogens (tertiary/aromatic N) is 1. The van der Waals surface area contributed by atoms with Crippen molar-refractivity contribution in [3.63, 3.8) is 0 Å². The van der Waals surface area contributed by atoms with E-state index in [1.165, 1.54) is 12.6 Å². The lowest BCUT2D eigenvalue weighted by Crippen LogP contribution is -2.08. The van der Waals surface area contributed by atoms with E-state index in [-0.39, 0.29) is 0 Å². The summed E-state index contributed by atoms with van der Waals surface area (Å²) in [5, 5.41) is 0. The Morgan fingerprint density at radius 2 is 1.64 bits per heavy atom. The zero-order valence-electron chi connectivity index (χ0n) is 9.37. The van der Waals surface area contributed by atoms with Crippen LogP contribution in [0.15, 0.2) is 24.3 Å². The van der Waals surface area contributed by atoms with Crippen LogP contribution in [0.3, 0.4) is 0 Å². The second-order valence-corrected chi connectivity index (χ2v) is 4.90. The molecule has 2 nitrogen and oxygen atoms in total. The first-order chi connectivity index (χ1) is 6.38. The monoisotopic (exact) mass is 192 g/mol. The SMILES string of the molecule is C[N+](=O)c1ccc(CC(C)(C)C)cc1. The fourth-order valence-corrected chi connectivity index (χ4v) is 1.44. The van der Waals surface area contributed by atoms with E-state index in [1.807, 2.05) is 24.3 Å². The summed E-state index contributed by atoms with van der Waals surface area (Å²) in [5.74, 6) is 0. The first-order valence-electron chi connectivity index (χ1n) is 4.88. The van der Waals surface area contributed by atoms with E-state index in [0.29, 0.717) is 11.1 Å². The Balaban J connectivity index is 2.79. The molecular weight excluding hydrogens is 174 g/mol. The molecule has 2 heteroatoms. The fraction of sp³-hybridized carbons (Fsp3) is 0.500. The van der Waals surface area contributed by atoms with Gasteiger partial charge >= 0.3 is 0 Å². The number of hydrogen-bond acceptors (Lipinski definition) is 1. The molecule has 0 aliphatic carbocycles. The highest BCUT2D eigenvalue weighted by Gasteiger charge is 2.12. The maximum absolute atomic E-state index is 11.0. The second kappa shape index (κ2) is 3.91. The van der Waals surface area contributed by atoms with Gasteiger partial charge in [0.1, 0.15) is 0 Å². The molecule has 1 aromatic carbocycles. The normalized spacial score (nSPS) is 11.4. The zero-order valence-corrected chi connectivity index (χ0v) is 9.37. The number of hydrogen-bond donors (Lipinski definition) is 0. The molecule has 0 atom stereocenters. The number of benzene rings is 1. The van der Waals surface area contributed by atoms with Crippen molar-refractivity contribution in [1.29, 1.82) is 0 Å². The molecule has 0 saturated heterocycles. The van der Waals surface area contributed by atoms with Gasteiger partial charge in [-0.1, -0.05) is 32.9 Å². The van der Waals surface area contributed by atoms with Crippen molar-refractivity contribution in [3.05, 3.63) is 34.7 Å². The van der Waals surface area contributed by atoms with E-state index in [9.17, 15) is 4.91 Å². The summed E-state index contributed by atoms with van der Waals surface area (Å²) in [5.41, 5.74) is 2.29. The van der Waals surface area contributed by atoms with Gasteiger partial charge in [0, 0.05) is 21.8 Å². The first kappa shape index (κ1) is 10.9. The summed E-state index contributed by atoms with van der Waals surface area (Å²) in [4.78, 5) is 11.0. The van der Waals surface area contributed by atoms with E-state index < -0.39 is 0 Å². The van der Waals surface area contributed by atoms with Crippen LogP contribution in [-0.2, 0) is 6.42 Å². The van der Waals surface area contributed by atoms with Crippen molar-refractivity contribution in [2.45, 2.75) is 27.2 Å². The lowest BCUT2D eigenvalue weighted by atomic mass is 9.88. The number of rotatable bonds is 2. The van der Waals surface area contributed by atoms with Crippen LogP contribution in [0.25, 0.3) is 0 Å². The predicted molar refractivity (Wildman–Crippen MR) is 58.8 cm³/mol. The van der Waals surface area contributed by atoms with Crippen LogP contribution in [0.2, 0.25) is 0 Å². The Morgan fingerprint density at radius 3 is 2.00 bits per heavy atom. The van der Waals surface area contributed by atoms with Gasteiger partial charge in [-0.25, -0.2) is 0 Å². The average molecular weight is 192 g/mol. The fourth-order valence-electron chi connectivity index (χ4n) is 1.44. The molecule has 0 aromatic heterocycles. The molecule has 1 rings (SSSR count). The molecular formula is C12H18NO+. The molecule has 0 radical (unpaired) electrons. The molecule has 0 aliphatic heterocycles. The molecule has 1 aromatic rings. The highest BCUT2D eigenvalue weighted by molar-refractivity contribution is 5.32. The maximum Gasteiger partial charge on any atom is 0.255 e. The van der Waals surface area contributed by atoms with Crippen LogP contribution in [0, 0.1) is 10.3 Å². The summed E-state index contributed by atoms with van der Waals surface area (Å²) >= 11 is 0. The first-order valence-corrected chi connectivity index (χ1v) is 4.88. The van der Waals surface area contributed by atoms with Gasteiger partial charge < -0.3 is 0 Å². The minimum Gasteiger partial charge on any atom is -0.0599 e. The molecule has 0 heterocycles. The Bertz CT molecular complexity index is 319. The minimum atomic E-state index is 0.297. The van der Waals surface area contributed by atoms with Crippen molar-refractivity contribution >= 4 is 5.69 Å². The second-order valence-electron chi connectivity index (χ2n) is 4.90. The van der Waals surface area contributed by atoms with Crippen LogP contribution >= 0.6 is 0 Å². The Kier molecular flexibility index (Phi) is 3.04. The molecule has 0 fully saturated rings. The lowest BCUT2D eigenvalue weighted by molar-refractivity contribution is -0.428. The highest BCUT2D eigenvalue weighted by Crippen LogP contribution is 2.21. The largest absolute Gasteiger partial charge is 0.255 e. The molecule has 0 aliphatic rings. The van der Waals surface area contributed by atoms with Crippen LogP contribution in [0.5, 0.6) is 0 Å². The maximum atomic E-state index is 11.0. The topological polar surface area (TPSA) is 20.1 Å². The van der Waals surface area contributed by atoms with Crippen LogP contribution < -0.4 is 0 Å². The molecule has 0 N–H and O–H groups in total. The Labute approximate surface area is 85.5 Å². The van der Waals surface area contributed by atoms with Gasteiger partial charge in [-0.2, -0.15) is 0 Å². The average Bonchev–Trinajstić information content (AvgIpc) is 2.02. The summed E-state index contributed by atoms with van der Waals surface area (Å²) in [7, 11) is 1.51. The standard InChI is InChI=1S/C12H18NO/c1-12(2,3)9-10-5-7-11(8-6-10)13(4)14/h5-8H,9H2,1-4H3/q+1. The third-order valence-electron chi connectivity index (χ3n) is 2.03. The molecule has 76 valence electrons. The lowest BCUT2D eigenvalue weighted by Gasteiger charge is -2.17. The van der Waals surface area contributed by atoms with Crippen molar-refractivity contribution in [1.82, 2.24) is 0 Å². The molecule has 0 saturated carbocycles. The van der Waals surface area contributed by atoms with E-state index in [0.717, 1.165) is 11.2 Å². The van der Waals surface area contributed by atoms with Crippen LogP contribution in [-0.4, -0.2) is 11.8 Å². The van der Waals surface area contributed by atoms with E-state index in [1.54, 1.807) is 0 Å². The molecule has 14 heavy (non-hydrogen) atoms.